The predicted octanol–water partition coefficient (Wildman–Crippen LogP) is 1.50. The van der Waals surface area contributed by atoms with E-state index in [0.29, 0.717) is 13.2 Å². The van der Waals surface area contributed by atoms with Crippen LogP contribution in [0.2, 0.25) is 0 Å². The standard InChI is InChI=1S/C11H12O3/c12-11(13)10(9-6-14-7-9)8-4-2-1-3-5-8/h1-5,9-10H,6-7H2,(H,12,13)/t10-/m0/s1. The molecule has 0 aliphatic carbocycles. The number of hydrogen-bond donors (Lipinski definition) is 1. The summed E-state index contributed by atoms with van der Waals surface area (Å²) in [6.07, 6.45) is 0. The third-order valence-electron chi connectivity index (χ3n) is 2.56. The highest BCUT2D eigenvalue weighted by Crippen LogP contribution is 2.30. The maximum atomic E-state index is 11.1. The second kappa shape index (κ2) is 3.80. The quantitative estimate of drug-likeness (QED) is 0.789. The van der Waals surface area contributed by atoms with Gasteiger partial charge in [0.05, 0.1) is 19.1 Å². The Hall–Kier alpha value is -1.35. The second-order valence-corrected chi connectivity index (χ2v) is 3.52. The highest BCUT2D eigenvalue weighted by atomic mass is 16.5. The maximum absolute atomic E-state index is 11.1. The molecule has 1 aliphatic heterocycles. The van der Waals surface area contributed by atoms with Crippen LogP contribution in [-0.2, 0) is 9.53 Å². The Morgan fingerprint density at radius 2 is 2.00 bits per heavy atom. The number of carboxylic acid groups (broad SMARTS) is 1. The number of rotatable bonds is 3. The highest BCUT2D eigenvalue weighted by Gasteiger charge is 2.34. The summed E-state index contributed by atoms with van der Waals surface area (Å²) in [5.74, 6) is -1.04. The van der Waals surface area contributed by atoms with Gasteiger partial charge in [-0.2, -0.15) is 0 Å². The van der Waals surface area contributed by atoms with Crippen molar-refractivity contribution < 1.29 is 14.6 Å². The van der Waals surface area contributed by atoms with Gasteiger partial charge in [-0.1, -0.05) is 30.3 Å². The molecule has 0 bridgehead atoms. The van der Waals surface area contributed by atoms with E-state index in [0.717, 1.165) is 5.56 Å². The van der Waals surface area contributed by atoms with E-state index in [1.54, 1.807) is 0 Å². The van der Waals surface area contributed by atoms with Gasteiger partial charge in [-0.15, -0.1) is 0 Å². The molecule has 3 nitrogen and oxygen atoms in total. The SMILES string of the molecule is O=C(O)[C@@H](c1ccccc1)C1COC1. The number of ether oxygens (including phenoxy) is 1. The molecule has 14 heavy (non-hydrogen) atoms. The van der Waals surface area contributed by atoms with Crippen LogP contribution >= 0.6 is 0 Å². The maximum Gasteiger partial charge on any atom is 0.311 e. The van der Waals surface area contributed by atoms with Crippen LogP contribution in [0.3, 0.4) is 0 Å². The molecular weight excluding hydrogens is 180 g/mol. The summed E-state index contributed by atoms with van der Waals surface area (Å²) in [4.78, 5) is 11.1. The first-order valence-corrected chi connectivity index (χ1v) is 4.64. The van der Waals surface area contributed by atoms with E-state index in [-0.39, 0.29) is 5.92 Å². The molecule has 0 spiro atoms. The molecule has 0 saturated carbocycles. The van der Waals surface area contributed by atoms with Crippen molar-refractivity contribution in [1.82, 2.24) is 0 Å². The van der Waals surface area contributed by atoms with E-state index in [1.165, 1.54) is 0 Å². The van der Waals surface area contributed by atoms with Gasteiger partial charge in [0.1, 0.15) is 0 Å². The first-order chi connectivity index (χ1) is 6.79. The molecule has 74 valence electrons. The van der Waals surface area contributed by atoms with E-state index >= 15 is 0 Å². The predicted molar refractivity (Wildman–Crippen MR) is 51.1 cm³/mol. The molecule has 0 unspecified atom stereocenters. The molecule has 0 radical (unpaired) electrons. The van der Waals surface area contributed by atoms with E-state index in [4.69, 9.17) is 9.84 Å². The van der Waals surface area contributed by atoms with Crippen molar-refractivity contribution in [3.63, 3.8) is 0 Å². The highest BCUT2D eigenvalue weighted by molar-refractivity contribution is 5.76. The summed E-state index contributed by atoms with van der Waals surface area (Å²) in [5, 5.41) is 9.11. The third-order valence-corrected chi connectivity index (χ3v) is 2.56. The normalized spacial score (nSPS) is 18.6. The molecule has 0 amide bonds. The number of benzene rings is 1. The summed E-state index contributed by atoms with van der Waals surface area (Å²) in [6, 6.07) is 9.34. The van der Waals surface area contributed by atoms with Crippen molar-refractivity contribution in [2.75, 3.05) is 13.2 Å². The summed E-state index contributed by atoms with van der Waals surface area (Å²) < 4.78 is 5.02. The van der Waals surface area contributed by atoms with Crippen LogP contribution in [0.15, 0.2) is 30.3 Å². The first kappa shape index (κ1) is 9.21. The van der Waals surface area contributed by atoms with Crippen LogP contribution in [0.25, 0.3) is 0 Å². The molecule has 1 aromatic carbocycles. The zero-order chi connectivity index (χ0) is 9.97. The zero-order valence-electron chi connectivity index (χ0n) is 7.72. The smallest absolute Gasteiger partial charge is 0.311 e. The van der Waals surface area contributed by atoms with Gasteiger partial charge in [0.15, 0.2) is 0 Å². The lowest BCUT2D eigenvalue weighted by molar-refractivity contribution is -0.146. The minimum atomic E-state index is -0.760. The van der Waals surface area contributed by atoms with Gasteiger partial charge in [-0.3, -0.25) is 4.79 Å². The Kier molecular flexibility index (Phi) is 2.50. The Morgan fingerprint density at radius 1 is 1.36 bits per heavy atom. The van der Waals surface area contributed by atoms with Crippen molar-refractivity contribution in [2.45, 2.75) is 5.92 Å². The number of aliphatic carboxylic acids is 1. The van der Waals surface area contributed by atoms with Gasteiger partial charge in [0.25, 0.3) is 0 Å². The lowest BCUT2D eigenvalue weighted by Crippen LogP contribution is -2.36. The van der Waals surface area contributed by atoms with Crippen LogP contribution in [0.1, 0.15) is 11.5 Å². The molecule has 1 heterocycles. The molecular formula is C11H12O3. The summed E-state index contributed by atoms with van der Waals surface area (Å²) in [6.45, 7) is 1.12. The molecule has 3 heteroatoms. The van der Waals surface area contributed by atoms with Gasteiger partial charge in [-0.25, -0.2) is 0 Å². The Labute approximate surface area is 82.3 Å². The molecule has 1 fully saturated rings. The van der Waals surface area contributed by atoms with E-state index in [9.17, 15) is 4.79 Å². The molecule has 0 aromatic heterocycles. The van der Waals surface area contributed by atoms with Crippen LogP contribution in [0.5, 0.6) is 0 Å². The average Bonchev–Trinajstić information content (AvgIpc) is 2.12. The molecule has 1 saturated heterocycles. The van der Waals surface area contributed by atoms with E-state index < -0.39 is 11.9 Å². The second-order valence-electron chi connectivity index (χ2n) is 3.52. The number of hydrogen-bond acceptors (Lipinski definition) is 2. The topological polar surface area (TPSA) is 46.5 Å². The lowest BCUT2D eigenvalue weighted by Gasteiger charge is -2.31. The Balaban J connectivity index is 2.22. The van der Waals surface area contributed by atoms with Gasteiger partial charge >= 0.3 is 5.97 Å². The van der Waals surface area contributed by atoms with Gasteiger partial charge in [0.2, 0.25) is 0 Å². The summed E-state index contributed by atoms with van der Waals surface area (Å²) in [7, 11) is 0. The number of carbonyl (C=O) groups is 1. The average molecular weight is 192 g/mol. The monoisotopic (exact) mass is 192 g/mol. The molecule has 2 rings (SSSR count). The Bertz CT molecular complexity index is 317. The van der Waals surface area contributed by atoms with Crippen molar-refractivity contribution in [2.24, 2.45) is 5.92 Å². The zero-order valence-corrected chi connectivity index (χ0v) is 7.72. The van der Waals surface area contributed by atoms with Gasteiger partial charge in [0, 0.05) is 5.92 Å². The summed E-state index contributed by atoms with van der Waals surface area (Å²) in [5.41, 5.74) is 0.869. The van der Waals surface area contributed by atoms with E-state index in [1.807, 2.05) is 30.3 Å². The molecule has 1 N–H and O–H groups in total. The van der Waals surface area contributed by atoms with Gasteiger partial charge < -0.3 is 9.84 Å². The van der Waals surface area contributed by atoms with Crippen LogP contribution in [0, 0.1) is 5.92 Å². The van der Waals surface area contributed by atoms with Crippen LogP contribution in [-0.4, -0.2) is 24.3 Å². The first-order valence-electron chi connectivity index (χ1n) is 4.64. The van der Waals surface area contributed by atoms with Crippen LogP contribution in [0.4, 0.5) is 0 Å². The van der Waals surface area contributed by atoms with E-state index in [2.05, 4.69) is 0 Å². The fourth-order valence-corrected chi connectivity index (χ4v) is 1.72. The molecule has 1 atom stereocenters. The lowest BCUT2D eigenvalue weighted by atomic mass is 9.85. The van der Waals surface area contributed by atoms with Gasteiger partial charge in [-0.05, 0) is 5.56 Å². The largest absolute Gasteiger partial charge is 0.481 e. The number of carboxylic acids is 1. The van der Waals surface area contributed by atoms with Crippen molar-refractivity contribution in [1.29, 1.82) is 0 Å². The molecule has 1 aromatic rings. The van der Waals surface area contributed by atoms with Crippen molar-refractivity contribution in [3.8, 4) is 0 Å². The fourth-order valence-electron chi connectivity index (χ4n) is 1.72. The third kappa shape index (κ3) is 1.63. The minimum absolute atomic E-state index is 0.134. The Morgan fingerprint density at radius 3 is 2.43 bits per heavy atom. The van der Waals surface area contributed by atoms with Crippen LogP contribution < -0.4 is 0 Å². The molecule has 1 aliphatic rings. The fraction of sp³-hybridized carbons (Fsp3) is 0.364. The van der Waals surface area contributed by atoms with Crippen molar-refractivity contribution in [3.05, 3.63) is 35.9 Å². The minimum Gasteiger partial charge on any atom is -0.481 e. The van der Waals surface area contributed by atoms with Crippen molar-refractivity contribution >= 4 is 5.97 Å². The summed E-state index contributed by atoms with van der Waals surface area (Å²) >= 11 is 0.